The van der Waals surface area contributed by atoms with Crippen molar-refractivity contribution in [2.24, 2.45) is 5.92 Å². The Bertz CT molecular complexity index is 789. The van der Waals surface area contributed by atoms with Crippen LogP contribution in [0.5, 0.6) is 0 Å². The molecule has 1 aromatic heterocycles. The molecule has 4 rings (SSSR count). The van der Waals surface area contributed by atoms with Gasteiger partial charge in [0.2, 0.25) is 5.91 Å². The molecule has 126 valence electrons. The van der Waals surface area contributed by atoms with Gasteiger partial charge in [-0.3, -0.25) is 9.59 Å². The molecular formula is C19H22N2O3. The van der Waals surface area contributed by atoms with Crippen LogP contribution in [0.3, 0.4) is 0 Å². The average molecular weight is 326 g/mol. The summed E-state index contributed by atoms with van der Waals surface area (Å²) < 4.78 is 5.71. The minimum atomic E-state index is -0.0504. The maximum Gasteiger partial charge on any atom is 0.258 e. The molecule has 2 aromatic rings. The Hall–Kier alpha value is -2.30. The number of hydrogen-bond donors (Lipinski definition) is 0. The highest BCUT2D eigenvalue weighted by Gasteiger charge is 2.35. The van der Waals surface area contributed by atoms with E-state index in [1.54, 1.807) is 0 Å². The minimum Gasteiger partial charge on any atom is -0.461 e. The quantitative estimate of drug-likeness (QED) is 0.853. The Morgan fingerprint density at radius 3 is 2.62 bits per heavy atom. The van der Waals surface area contributed by atoms with Gasteiger partial charge in [0, 0.05) is 31.6 Å². The van der Waals surface area contributed by atoms with E-state index in [0.717, 1.165) is 43.3 Å². The fraction of sp³-hybridized carbons (Fsp3) is 0.474. The van der Waals surface area contributed by atoms with Gasteiger partial charge in [0.1, 0.15) is 11.3 Å². The summed E-state index contributed by atoms with van der Waals surface area (Å²) in [5, 5.41) is 0.856. The van der Waals surface area contributed by atoms with Crippen LogP contribution in [-0.4, -0.2) is 47.8 Å². The second kappa shape index (κ2) is 5.96. The summed E-state index contributed by atoms with van der Waals surface area (Å²) in [5.41, 5.74) is 1.38. The number of rotatable bonds is 2. The number of likely N-dealkylation sites (tertiary alicyclic amines) is 2. The molecule has 1 aromatic carbocycles. The summed E-state index contributed by atoms with van der Waals surface area (Å²) in [7, 11) is 0. The third kappa shape index (κ3) is 2.48. The molecule has 3 heterocycles. The number of hydrogen-bond acceptors (Lipinski definition) is 3. The first-order chi connectivity index (χ1) is 11.6. The van der Waals surface area contributed by atoms with Gasteiger partial charge in [-0.15, -0.1) is 0 Å². The second-order valence-electron chi connectivity index (χ2n) is 6.80. The van der Waals surface area contributed by atoms with Crippen molar-refractivity contribution in [3.63, 3.8) is 0 Å². The average Bonchev–Trinajstić information content (AvgIpc) is 3.32. The number of nitrogens with zero attached hydrogens (tertiary/aromatic N) is 2. The van der Waals surface area contributed by atoms with Gasteiger partial charge in [-0.25, -0.2) is 0 Å². The third-order valence-electron chi connectivity index (χ3n) is 5.23. The lowest BCUT2D eigenvalue weighted by Crippen LogP contribution is -2.36. The number of fused-ring (bicyclic) bond motifs is 1. The van der Waals surface area contributed by atoms with E-state index in [1.807, 2.05) is 41.0 Å². The molecule has 2 aliphatic rings. The van der Waals surface area contributed by atoms with E-state index in [-0.39, 0.29) is 17.7 Å². The predicted octanol–water partition coefficient (Wildman–Crippen LogP) is 2.83. The minimum absolute atomic E-state index is 0.0193. The molecule has 1 unspecified atom stereocenters. The van der Waals surface area contributed by atoms with Gasteiger partial charge in [-0.2, -0.15) is 0 Å². The molecule has 5 nitrogen and oxygen atoms in total. The van der Waals surface area contributed by atoms with Crippen LogP contribution in [0.15, 0.2) is 28.7 Å². The molecule has 0 saturated carbocycles. The van der Waals surface area contributed by atoms with Gasteiger partial charge in [0.25, 0.3) is 5.91 Å². The topological polar surface area (TPSA) is 53.8 Å². The van der Waals surface area contributed by atoms with E-state index in [0.29, 0.717) is 24.4 Å². The number of furan rings is 1. The first-order valence-corrected chi connectivity index (χ1v) is 8.71. The number of amides is 2. The number of aryl methyl sites for hydroxylation is 1. The third-order valence-corrected chi connectivity index (χ3v) is 5.23. The number of benzene rings is 1. The van der Waals surface area contributed by atoms with Gasteiger partial charge in [0.05, 0.1) is 11.5 Å². The van der Waals surface area contributed by atoms with Crippen molar-refractivity contribution in [1.82, 2.24) is 9.80 Å². The molecular weight excluding hydrogens is 304 g/mol. The highest BCUT2D eigenvalue weighted by Crippen LogP contribution is 2.29. The Balaban J connectivity index is 1.53. The molecule has 0 N–H and O–H groups in total. The predicted molar refractivity (Wildman–Crippen MR) is 90.8 cm³/mol. The largest absolute Gasteiger partial charge is 0.461 e. The number of carbonyl (C=O) groups is 2. The van der Waals surface area contributed by atoms with Gasteiger partial charge < -0.3 is 14.2 Å². The van der Waals surface area contributed by atoms with Crippen molar-refractivity contribution >= 4 is 22.8 Å². The normalized spacial score (nSPS) is 21.0. The van der Waals surface area contributed by atoms with Gasteiger partial charge in [0.15, 0.2) is 0 Å². The van der Waals surface area contributed by atoms with E-state index in [2.05, 4.69) is 0 Å². The molecule has 2 amide bonds. The zero-order valence-electron chi connectivity index (χ0n) is 14.0. The second-order valence-corrected chi connectivity index (χ2v) is 6.80. The Labute approximate surface area is 141 Å². The van der Waals surface area contributed by atoms with Crippen LogP contribution in [0.1, 0.15) is 35.4 Å². The lowest BCUT2D eigenvalue weighted by molar-refractivity contribution is -0.133. The lowest BCUT2D eigenvalue weighted by Gasteiger charge is -2.20. The van der Waals surface area contributed by atoms with Crippen LogP contribution < -0.4 is 0 Å². The van der Waals surface area contributed by atoms with Crippen LogP contribution in [0.25, 0.3) is 11.0 Å². The van der Waals surface area contributed by atoms with Crippen LogP contribution in [0, 0.1) is 12.8 Å². The Morgan fingerprint density at radius 2 is 1.83 bits per heavy atom. The monoisotopic (exact) mass is 326 g/mol. The lowest BCUT2D eigenvalue weighted by atomic mass is 10.1. The van der Waals surface area contributed by atoms with Crippen molar-refractivity contribution < 1.29 is 14.0 Å². The standard InChI is InChI=1S/C19H22N2O3/c1-13-17(15-6-2-3-7-16(15)24-13)19(23)21-11-8-14(12-21)18(22)20-9-4-5-10-20/h2-3,6-7,14H,4-5,8-12H2,1H3. The first-order valence-electron chi connectivity index (χ1n) is 8.71. The molecule has 0 bridgehead atoms. The number of carbonyl (C=O) groups excluding carboxylic acids is 2. The van der Waals surface area contributed by atoms with E-state index in [9.17, 15) is 9.59 Å². The number of para-hydroxylation sites is 1. The van der Waals surface area contributed by atoms with E-state index in [1.165, 1.54) is 0 Å². The summed E-state index contributed by atoms with van der Waals surface area (Å²) in [6.07, 6.45) is 2.96. The van der Waals surface area contributed by atoms with Crippen LogP contribution in [0.2, 0.25) is 0 Å². The molecule has 2 saturated heterocycles. The van der Waals surface area contributed by atoms with Gasteiger partial charge >= 0.3 is 0 Å². The van der Waals surface area contributed by atoms with Crippen molar-refractivity contribution in [1.29, 1.82) is 0 Å². The highest BCUT2D eigenvalue weighted by molar-refractivity contribution is 6.07. The smallest absolute Gasteiger partial charge is 0.258 e. The maximum atomic E-state index is 13.0. The summed E-state index contributed by atoms with van der Waals surface area (Å²) in [5.74, 6) is 0.798. The zero-order chi connectivity index (χ0) is 16.7. The molecule has 0 aliphatic carbocycles. The fourth-order valence-electron chi connectivity index (χ4n) is 3.93. The molecule has 5 heteroatoms. The van der Waals surface area contributed by atoms with Crippen molar-refractivity contribution in [3.05, 3.63) is 35.6 Å². The molecule has 0 radical (unpaired) electrons. The SMILES string of the molecule is Cc1oc2ccccc2c1C(=O)N1CCC(C(=O)N2CCCC2)C1. The summed E-state index contributed by atoms with van der Waals surface area (Å²) >= 11 is 0. The Kier molecular flexibility index (Phi) is 3.79. The van der Waals surface area contributed by atoms with Gasteiger partial charge in [-0.05, 0) is 32.3 Å². The van der Waals surface area contributed by atoms with Crippen molar-refractivity contribution in [2.75, 3.05) is 26.2 Å². The summed E-state index contributed by atoms with van der Waals surface area (Å²) in [6, 6.07) is 7.61. The highest BCUT2D eigenvalue weighted by atomic mass is 16.3. The van der Waals surface area contributed by atoms with E-state index < -0.39 is 0 Å². The summed E-state index contributed by atoms with van der Waals surface area (Å²) in [6.45, 7) is 4.73. The zero-order valence-corrected chi connectivity index (χ0v) is 14.0. The molecule has 0 spiro atoms. The van der Waals surface area contributed by atoms with Crippen molar-refractivity contribution in [3.8, 4) is 0 Å². The first kappa shape index (κ1) is 15.2. The molecule has 1 atom stereocenters. The maximum absolute atomic E-state index is 13.0. The van der Waals surface area contributed by atoms with E-state index >= 15 is 0 Å². The molecule has 2 fully saturated rings. The van der Waals surface area contributed by atoms with Crippen LogP contribution >= 0.6 is 0 Å². The van der Waals surface area contributed by atoms with Crippen LogP contribution in [0.4, 0.5) is 0 Å². The van der Waals surface area contributed by atoms with Crippen LogP contribution in [-0.2, 0) is 4.79 Å². The Morgan fingerprint density at radius 1 is 1.08 bits per heavy atom. The van der Waals surface area contributed by atoms with Gasteiger partial charge in [-0.1, -0.05) is 18.2 Å². The summed E-state index contributed by atoms with van der Waals surface area (Å²) in [4.78, 5) is 29.3. The fourth-order valence-corrected chi connectivity index (χ4v) is 3.93. The molecule has 24 heavy (non-hydrogen) atoms. The van der Waals surface area contributed by atoms with Crippen molar-refractivity contribution in [2.45, 2.75) is 26.2 Å². The molecule has 2 aliphatic heterocycles. The van der Waals surface area contributed by atoms with E-state index in [4.69, 9.17) is 4.42 Å².